The highest BCUT2D eigenvalue weighted by molar-refractivity contribution is 7.10. The second-order valence-corrected chi connectivity index (χ2v) is 6.27. The molecule has 7 heteroatoms. The number of hydrogen-bond acceptors (Lipinski definition) is 6. The van der Waals surface area contributed by atoms with Crippen molar-refractivity contribution in [3.63, 3.8) is 0 Å². The molecule has 2 heterocycles. The smallest absolute Gasteiger partial charge is 0.233 e. The van der Waals surface area contributed by atoms with Crippen molar-refractivity contribution >= 4 is 28.3 Å². The molecule has 0 radical (unpaired) electrons. The van der Waals surface area contributed by atoms with Crippen molar-refractivity contribution < 1.29 is 9.59 Å². The van der Waals surface area contributed by atoms with Crippen LogP contribution >= 0.6 is 11.5 Å². The molecule has 108 valence electrons. The average molecular weight is 294 g/mol. The molecule has 2 aliphatic rings. The standard InChI is InChI=1S/C13H18N4O2S/c1-3-7-4-8-9(5-7)13(19)17(12(8)18)6-10-11(14-2)20-16-15-10/h7-9,14H,3-6H2,1-2H3. The number of nitrogens with zero attached hydrogens (tertiary/aromatic N) is 3. The maximum atomic E-state index is 12.4. The van der Waals surface area contributed by atoms with E-state index in [1.54, 1.807) is 7.05 Å². The van der Waals surface area contributed by atoms with Gasteiger partial charge in [0, 0.05) is 18.6 Å². The van der Waals surface area contributed by atoms with Gasteiger partial charge in [-0.1, -0.05) is 17.8 Å². The number of nitrogens with one attached hydrogen (secondary N) is 1. The molecule has 2 atom stereocenters. The number of carbonyl (C=O) groups is 2. The summed E-state index contributed by atoms with van der Waals surface area (Å²) in [5.74, 6) is 0.278. The summed E-state index contributed by atoms with van der Waals surface area (Å²) in [5.41, 5.74) is 0.672. The Balaban J connectivity index is 1.77. The van der Waals surface area contributed by atoms with E-state index in [2.05, 4.69) is 21.8 Å². The van der Waals surface area contributed by atoms with Gasteiger partial charge in [-0.05, 0) is 18.8 Å². The van der Waals surface area contributed by atoms with Crippen molar-refractivity contribution in [3.05, 3.63) is 5.69 Å². The van der Waals surface area contributed by atoms with Crippen LogP contribution in [0.1, 0.15) is 31.9 Å². The Hall–Kier alpha value is -1.50. The van der Waals surface area contributed by atoms with Gasteiger partial charge in [-0.15, -0.1) is 5.10 Å². The molecular weight excluding hydrogens is 276 g/mol. The van der Waals surface area contributed by atoms with E-state index in [4.69, 9.17) is 0 Å². The third-order valence-corrected chi connectivity index (χ3v) is 5.28. The number of fused-ring (bicyclic) bond motifs is 1. The van der Waals surface area contributed by atoms with Crippen LogP contribution in [0.3, 0.4) is 0 Å². The van der Waals surface area contributed by atoms with Crippen molar-refractivity contribution in [2.75, 3.05) is 12.4 Å². The summed E-state index contributed by atoms with van der Waals surface area (Å²) in [4.78, 5) is 26.2. The first-order valence-electron chi connectivity index (χ1n) is 6.99. The van der Waals surface area contributed by atoms with Crippen LogP contribution in [0.4, 0.5) is 5.00 Å². The highest BCUT2D eigenvalue weighted by atomic mass is 32.1. The normalized spacial score (nSPS) is 29.1. The Labute approximate surface area is 121 Å². The summed E-state index contributed by atoms with van der Waals surface area (Å²) < 4.78 is 3.86. The van der Waals surface area contributed by atoms with Crippen molar-refractivity contribution in [1.29, 1.82) is 0 Å². The first-order valence-corrected chi connectivity index (χ1v) is 7.77. The molecule has 0 aromatic carbocycles. The van der Waals surface area contributed by atoms with E-state index in [1.807, 2.05) is 0 Å². The SMILES string of the molecule is CCC1CC2C(=O)N(Cc3nnsc3NC)C(=O)C2C1. The van der Waals surface area contributed by atoms with Gasteiger partial charge in [0.2, 0.25) is 11.8 Å². The van der Waals surface area contributed by atoms with Crippen LogP contribution in [0.5, 0.6) is 0 Å². The highest BCUT2D eigenvalue weighted by Gasteiger charge is 2.52. The molecular formula is C13H18N4O2S. The Bertz CT molecular complexity index is 520. The number of aromatic nitrogens is 2. The van der Waals surface area contributed by atoms with Crippen LogP contribution in [0.15, 0.2) is 0 Å². The number of rotatable bonds is 4. The van der Waals surface area contributed by atoms with Gasteiger partial charge >= 0.3 is 0 Å². The summed E-state index contributed by atoms with van der Waals surface area (Å²) in [6, 6.07) is 0. The largest absolute Gasteiger partial charge is 0.377 e. The van der Waals surface area contributed by atoms with Gasteiger partial charge in [-0.25, -0.2) is 0 Å². The molecule has 2 unspecified atom stereocenters. The lowest BCUT2D eigenvalue weighted by Crippen LogP contribution is -2.32. The maximum Gasteiger partial charge on any atom is 0.233 e. The monoisotopic (exact) mass is 294 g/mol. The van der Waals surface area contributed by atoms with Crippen LogP contribution in [-0.4, -0.2) is 33.3 Å². The second-order valence-electron chi connectivity index (χ2n) is 5.52. The minimum absolute atomic E-state index is 0.0222. The van der Waals surface area contributed by atoms with E-state index in [1.165, 1.54) is 16.4 Å². The van der Waals surface area contributed by atoms with Gasteiger partial charge in [0.25, 0.3) is 0 Å². The fourth-order valence-corrected chi connectivity index (χ4v) is 3.86. The zero-order valence-corrected chi connectivity index (χ0v) is 12.4. The van der Waals surface area contributed by atoms with Gasteiger partial charge in [-0.2, -0.15) is 0 Å². The maximum absolute atomic E-state index is 12.4. The summed E-state index contributed by atoms with van der Waals surface area (Å²) >= 11 is 1.24. The Morgan fingerprint density at radius 2 is 1.95 bits per heavy atom. The number of anilines is 1. The topological polar surface area (TPSA) is 75.2 Å². The molecule has 3 rings (SSSR count). The van der Waals surface area contributed by atoms with Gasteiger partial charge in [-0.3, -0.25) is 14.5 Å². The molecule has 2 amide bonds. The average Bonchev–Trinajstić information content (AvgIpc) is 3.13. The third-order valence-electron chi connectivity index (χ3n) is 4.49. The molecule has 0 bridgehead atoms. The fourth-order valence-electron chi connectivity index (χ4n) is 3.34. The lowest BCUT2D eigenvalue weighted by molar-refractivity contribution is -0.141. The first-order chi connectivity index (χ1) is 9.65. The lowest BCUT2D eigenvalue weighted by Gasteiger charge is -2.16. The van der Waals surface area contributed by atoms with Gasteiger partial charge < -0.3 is 5.32 Å². The third kappa shape index (κ3) is 2.00. The minimum Gasteiger partial charge on any atom is -0.377 e. The molecule has 2 fully saturated rings. The molecule has 6 nitrogen and oxygen atoms in total. The summed E-state index contributed by atoms with van der Waals surface area (Å²) in [6.07, 6.45) is 2.76. The van der Waals surface area contributed by atoms with E-state index in [0.717, 1.165) is 24.3 Å². The number of likely N-dealkylation sites (tertiary alicyclic amines) is 1. The van der Waals surface area contributed by atoms with Crippen LogP contribution in [0.25, 0.3) is 0 Å². The zero-order valence-electron chi connectivity index (χ0n) is 11.6. The van der Waals surface area contributed by atoms with Crippen molar-refractivity contribution in [2.45, 2.75) is 32.7 Å². The molecule has 1 aliphatic heterocycles. The number of amides is 2. The molecule has 1 saturated heterocycles. The van der Waals surface area contributed by atoms with Crippen molar-refractivity contribution in [3.8, 4) is 0 Å². The van der Waals surface area contributed by atoms with Crippen molar-refractivity contribution in [2.24, 2.45) is 17.8 Å². The van der Waals surface area contributed by atoms with Gasteiger partial charge in [0.1, 0.15) is 10.7 Å². The molecule has 1 aliphatic carbocycles. The van der Waals surface area contributed by atoms with Gasteiger partial charge in [0.15, 0.2) is 0 Å². The van der Waals surface area contributed by atoms with E-state index in [0.29, 0.717) is 11.6 Å². The zero-order chi connectivity index (χ0) is 14.3. The van der Waals surface area contributed by atoms with E-state index in [9.17, 15) is 9.59 Å². The van der Waals surface area contributed by atoms with Crippen LogP contribution in [0.2, 0.25) is 0 Å². The van der Waals surface area contributed by atoms with Crippen LogP contribution in [0, 0.1) is 17.8 Å². The number of carbonyl (C=O) groups excluding carboxylic acids is 2. The molecule has 1 aromatic rings. The van der Waals surface area contributed by atoms with Crippen molar-refractivity contribution in [1.82, 2.24) is 14.5 Å². The predicted molar refractivity (Wildman–Crippen MR) is 75.0 cm³/mol. The quantitative estimate of drug-likeness (QED) is 0.852. The van der Waals surface area contributed by atoms with E-state index >= 15 is 0 Å². The predicted octanol–water partition coefficient (Wildman–Crippen LogP) is 1.50. The Kier molecular flexibility index (Phi) is 3.45. The fraction of sp³-hybridized carbons (Fsp3) is 0.692. The molecule has 1 N–H and O–H groups in total. The first kappa shape index (κ1) is 13.5. The molecule has 1 saturated carbocycles. The number of imide groups is 1. The summed E-state index contributed by atoms with van der Waals surface area (Å²) in [5, 5.41) is 7.81. The molecule has 20 heavy (non-hydrogen) atoms. The Morgan fingerprint density at radius 1 is 1.30 bits per heavy atom. The Morgan fingerprint density at radius 3 is 2.50 bits per heavy atom. The van der Waals surface area contributed by atoms with E-state index in [-0.39, 0.29) is 30.2 Å². The van der Waals surface area contributed by atoms with E-state index < -0.39 is 0 Å². The van der Waals surface area contributed by atoms with Crippen LogP contribution < -0.4 is 5.32 Å². The molecule has 0 spiro atoms. The number of hydrogen-bond donors (Lipinski definition) is 1. The van der Waals surface area contributed by atoms with Gasteiger partial charge in [0.05, 0.1) is 18.4 Å². The highest BCUT2D eigenvalue weighted by Crippen LogP contribution is 2.44. The molecule has 1 aromatic heterocycles. The van der Waals surface area contributed by atoms with Crippen LogP contribution in [-0.2, 0) is 16.1 Å². The lowest BCUT2D eigenvalue weighted by atomic mass is 10.00. The summed E-state index contributed by atoms with van der Waals surface area (Å²) in [7, 11) is 1.78. The second kappa shape index (κ2) is 5.12. The minimum atomic E-state index is -0.0999. The summed E-state index contributed by atoms with van der Waals surface area (Å²) in [6.45, 7) is 2.37.